The fourth-order valence-electron chi connectivity index (χ4n) is 1.57. The van der Waals surface area contributed by atoms with E-state index < -0.39 is 6.10 Å². The predicted octanol–water partition coefficient (Wildman–Crippen LogP) is 2.61. The fraction of sp³-hybridized carbons (Fsp3) is 0.231. The summed E-state index contributed by atoms with van der Waals surface area (Å²) in [5.74, 6) is 0.635. The molecule has 0 saturated heterocycles. The molecule has 1 atom stereocenters. The Morgan fingerprint density at radius 2 is 2.11 bits per heavy atom. The maximum absolute atomic E-state index is 10.2. The van der Waals surface area contributed by atoms with E-state index >= 15 is 0 Å². The van der Waals surface area contributed by atoms with Gasteiger partial charge in [0, 0.05) is 23.5 Å². The molecule has 0 saturated carbocycles. The molecule has 0 aliphatic rings. The SMILES string of the molecule is CCOc1cncc(C(O)c2ccc(Cl)nc2)c1. The molecule has 0 radical (unpaired) electrons. The molecule has 2 aromatic rings. The van der Waals surface area contributed by atoms with Crippen LogP contribution in [0.3, 0.4) is 0 Å². The second-order valence-corrected chi connectivity index (χ2v) is 4.09. The molecule has 94 valence electrons. The van der Waals surface area contributed by atoms with E-state index in [1.54, 1.807) is 36.8 Å². The molecule has 5 heteroatoms. The van der Waals surface area contributed by atoms with Gasteiger partial charge in [-0.2, -0.15) is 0 Å². The van der Waals surface area contributed by atoms with Crippen LogP contribution >= 0.6 is 11.6 Å². The van der Waals surface area contributed by atoms with Gasteiger partial charge in [-0.1, -0.05) is 17.7 Å². The largest absolute Gasteiger partial charge is 0.492 e. The third kappa shape index (κ3) is 2.97. The highest BCUT2D eigenvalue weighted by Crippen LogP contribution is 2.24. The summed E-state index contributed by atoms with van der Waals surface area (Å²) >= 11 is 5.70. The molecule has 1 unspecified atom stereocenters. The highest BCUT2D eigenvalue weighted by atomic mass is 35.5. The summed E-state index contributed by atoms with van der Waals surface area (Å²) in [6.07, 6.45) is 3.96. The van der Waals surface area contributed by atoms with Crippen LogP contribution in [0.25, 0.3) is 0 Å². The Morgan fingerprint density at radius 3 is 2.78 bits per heavy atom. The summed E-state index contributed by atoms with van der Waals surface area (Å²) in [5.41, 5.74) is 1.32. The van der Waals surface area contributed by atoms with Crippen LogP contribution in [0.1, 0.15) is 24.2 Å². The minimum Gasteiger partial charge on any atom is -0.492 e. The Hall–Kier alpha value is -1.65. The van der Waals surface area contributed by atoms with Gasteiger partial charge in [-0.15, -0.1) is 0 Å². The number of aromatic nitrogens is 2. The Balaban J connectivity index is 2.24. The van der Waals surface area contributed by atoms with E-state index in [9.17, 15) is 5.11 Å². The Bertz CT molecular complexity index is 517. The molecule has 1 N–H and O–H groups in total. The molecular formula is C13H13ClN2O2. The first-order valence-corrected chi connectivity index (χ1v) is 5.95. The van der Waals surface area contributed by atoms with E-state index in [4.69, 9.17) is 16.3 Å². The molecular weight excluding hydrogens is 252 g/mol. The molecule has 0 aliphatic carbocycles. The van der Waals surface area contributed by atoms with Crippen LogP contribution in [0.4, 0.5) is 0 Å². The van der Waals surface area contributed by atoms with Crippen molar-refractivity contribution >= 4 is 11.6 Å². The molecule has 2 aromatic heterocycles. The molecule has 0 aromatic carbocycles. The lowest BCUT2D eigenvalue weighted by atomic mass is 10.1. The van der Waals surface area contributed by atoms with Gasteiger partial charge in [-0.25, -0.2) is 4.98 Å². The minimum absolute atomic E-state index is 0.396. The zero-order chi connectivity index (χ0) is 13.0. The zero-order valence-corrected chi connectivity index (χ0v) is 10.6. The van der Waals surface area contributed by atoms with Crippen LogP contribution in [0.15, 0.2) is 36.8 Å². The van der Waals surface area contributed by atoms with Gasteiger partial charge in [0.1, 0.15) is 17.0 Å². The van der Waals surface area contributed by atoms with E-state index in [1.807, 2.05) is 6.92 Å². The molecule has 0 amide bonds. The van der Waals surface area contributed by atoms with Gasteiger partial charge in [-0.05, 0) is 19.1 Å². The van der Waals surface area contributed by atoms with E-state index in [0.717, 1.165) is 0 Å². The Kier molecular flexibility index (Phi) is 4.12. The van der Waals surface area contributed by atoms with Crippen LogP contribution in [0, 0.1) is 0 Å². The number of rotatable bonds is 4. The van der Waals surface area contributed by atoms with Crippen molar-refractivity contribution < 1.29 is 9.84 Å². The predicted molar refractivity (Wildman–Crippen MR) is 68.7 cm³/mol. The number of aliphatic hydroxyl groups excluding tert-OH is 1. The minimum atomic E-state index is -0.789. The smallest absolute Gasteiger partial charge is 0.137 e. The maximum Gasteiger partial charge on any atom is 0.137 e. The molecule has 2 heterocycles. The third-order valence-corrected chi connectivity index (χ3v) is 2.65. The van der Waals surface area contributed by atoms with Crippen LogP contribution in [-0.2, 0) is 0 Å². The number of hydrogen-bond donors (Lipinski definition) is 1. The number of aliphatic hydroxyl groups is 1. The van der Waals surface area contributed by atoms with E-state index in [2.05, 4.69) is 9.97 Å². The summed E-state index contributed by atoms with van der Waals surface area (Å²) in [7, 11) is 0. The molecule has 0 spiro atoms. The van der Waals surface area contributed by atoms with Crippen molar-refractivity contribution in [3.63, 3.8) is 0 Å². The first-order valence-electron chi connectivity index (χ1n) is 5.58. The van der Waals surface area contributed by atoms with Crippen LogP contribution < -0.4 is 4.74 Å². The topological polar surface area (TPSA) is 55.2 Å². The molecule has 4 nitrogen and oxygen atoms in total. The van der Waals surface area contributed by atoms with E-state index in [-0.39, 0.29) is 0 Å². The quantitative estimate of drug-likeness (QED) is 0.863. The van der Waals surface area contributed by atoms with Crippen LogP contribution in [-0.4, -0.2) is 21.7 Å². The fourth-order valence-corrected chi connectivity index (χ4v) is 1.68. The van der Waals surface area contributed by atoms with Crippen LogP contribution in [0.2, 0.25) is 5.15 Å². The van der Waals surface area contributed by atoms with Crippen molar-refractivity contribution in [3.8, 4) is 5.75 Å². The average molecular weight is 265 g/mol. The van der Waals surface area contributed by atoms with E-state index in [0.29, 0.717) is 28.6 Å². The van der Waals surface area contributed by atoms with Crippen molar-refractivity contribution in [2.45, 2.75) is 13.0 Å². The number of halogens is 1. The summed E-state index contributed by atoms with van der Waals surface area (Å²) in [5, 5.41) is 10.6. The van der Waals surface area contributed by atoms with Crippen molar-refractivity contribution in [1.29, 1.82) is 0 Å². The monoisotopic (exact) mass is 264 g/mol. The molecule has 0 fully saturated rings. The average Bonchev–Trinajstić information content (AvgIpc) is 2.39. The lowest BCUT2D eigenvalue weighted by Crippen LogP contribution is -2.02. The highest BCUT2D eigenvalue weighted by Gasteiger charge is 2.12. The number of hydrogen-bond acceptors (Lipinski definition) is 4. The van der Waals surface area contributed by atoms with Gasteiger partial charge in [0.2, 0.25) is 0 Å². The first kappa shape index (κ1) is 12.8. The van der Waals surface area contributed by atoms with E-state index in [1.165, 1.54) is 0 Å². The standard InChI is InChI=1S/C13H13ClN2O2/c1-2-18-11-5-10(6-15-8-11)13(17)9-3-4-12(14)16-7-9/h3-8,13,17H,2H2,1H3. The van der Waals surface area contributed by atoms with Gasteiger partial charge in [0.25, 0.3) is 0 Å². The number of nitrogens with zero attached hydrogens (tertiary/aromatic N) is 2. The number of ether oxygens (including phenoxy) is 1. The lowest BCUT2D eigenvalue weighted by molar-refractivity contribution is 0.218. The van der Waals surface area contributed by atoms with Gasteiger partial charge in [0.05, 0.1) is 12.8 Å². The first-order chi connectivity index (χ1) is 8.70. The van der Waals surface area contributed by atoms with Crippen molar-refractivity contribution in [1.82, 2.24) is 9.97 Å². The molecule has 18 heavy (non-hydrogen) atoms. The van der Waals surface area contributed by atoms with Gasteiger partial charge >= 0.3 is 0 Å². The molecule has 0 aliphatic heterocycles. The second-order valence-electron chi connectivity index (χ2n) is 3.70. The highest BCUT2D eigenvalue weighted by molar-refractivity contribution is 6.29. The molecule has 0 bridgehead atoms. The normalized spacial score (nSPS) is 12.2. The van der Waals surface area contributed by atoms with Crippen LogP contribution in [0.5, 0.6) is 5.75 Å². The lowest BCUT2D eigenvalue weighted by Gasteiger charge is -2.12. The third-order valence-electron chi connectivity index (χ3n) is 2.43. The van der Waals surface area contributed by atoms with Gasteiger partial charge < -0.3 is 9.84 Å². The van der Waals surface area contributed by atoms with Gasteiger partial charge in [-0.3, -0.25) is 4.98 Å². The summed E-state index contributed by atoms with van der Waals surface area (Å²) in [6, 6.07) is 5.13. The van der Waals surface area contributed by atoms with Crippen molar-refractivity contribution in [2.24, 2.45) is 0 Å². The second kappa shape index (κ2) is 5.80. The number of pyridine rings is 2. The summed E-state index contributed by atoms with van der Waals surface area (Å²) in [4.78, 5) is 7.97. The maximum atomic E-state index is 10.2. The van der Waals surface area contributed by atoms with Crippen molar-refractivity contribution in [3.05, 3.63) is 53.1 Å². The zero-order valence-electron chi connectivity index (χ0n) is 9.88. The van der Waals surface area contributed by atoms with Gasteiger partial charge in [0.15, 0.2) is 0 Å². The Labute approximate surface area is 110 Å². The summed E-state index contributed by atoms with van der Waals surface area (Å²) < 4.78 is 5.34. The molecule has 2 rings (SSSR count). The van der Waals surface area contributed by atoms with Crippen molar-refractivity contribution in [2.75, 3.05) is 6.61 Å². The summed E-state index contributed by atoms with van der Waals surface area (Å²) in [6.45, 7) is 2.45. The Morgan fingerprint density at radius 1 is 1.28 bits per heavy atom.